The van der Waals surface area contributed by atoms with Crippen molar-refractivity contribution >= 4 is 39.4 Å². The van der Waals surface area contributed by atoms with Crippen LogP contribution in [0.3, 0.4) is 0 Å². The molecule has 0 saturated carbocycles. The highest BCUT2D eigenvalue weighted by Gasteiger charge is 2.11. The molecule has 3 aromatic rings. The molecule has 2 heterocycles. The molecule has 0 bridgehead atoms. The van der Waals surface area contributed by atoms with Crippen molar-refractivity contribution in [3.63, 3.8) is 0 Å². The number of rotatable bonds is 4. The first-order chi connectivity index (χ1) is 10.5. The number of fused-ring (bicyclic) bond motifs is 1. The number of hydrogen-bond acceptors (Lipinski definition) is 5. The lowest BCUT2D eigenvalue weighted by Crippen LogP contribution is -2.10. The van der Waals surface area contributed by atoms with E-state index in [-0.39, 0.29) is 5.95 Å². The van der Waals surface area contributed by atoms with E-state index in [0.29, 0.717) is 16.4 Å². The van der Waals surface area contributed by atoms with Crippen molar-refractivity contribution in [2.24, 2.45) is 0 Å². The van der Waals surface area contributed by atoms with Crippen molar-refractivity contribution in [3.8, 4) is 0 Å². The van der Waals surface area contributed by atoms with Gasteiger partial charge in [-0.15, -0.1) is 5.10 Å². The predicted octanol–water partition coefficient (Wildman–Crippen LogP) is 2.19. The van der Waals surface area contributed by atoms with Gasteiger partial charge in [0.2, 0.25) is 0 Å². The van der Waals surface area contributed by atoms with Crippen LogP contribution in [-0.2, 0) is 10.0 Å². The Morgan fingerprint density at radius 1 is 1.23 bits per heavy atom. The minimum absolute atomic E-state index is 0.0532. The van der Waals surface area contributed by atoms with Crippen molar-refractivity contribution in [2.45, 2.75) is 0 Å². The fraction of sp³-hybridized carbons (Fsp3) is 0. The number of aromatic nitrogens is 4. The Morgan fingerprint density at radius 3 is 2.82 bits per heavy atom. The molecule has 0 aliphatic carbocycles. The molecule has 9 heteroatoms. The summed E-state index contributed by atoms with van der Waals surface area (Å²) in [4.78, 5) is 7.92. The van der Waals surface area contributed by atoms with E-state index in [0.717, 1.165) is 5.41 Å². The van der Waals surface area contributed by atoms with E-state index in [1.807, 2.05) is 0 Å². The largest absolute Gasteiger partial charge is 0.258 e. The zero-order valence-electron chi connectivity index (χ0n) is 11.1. The van der Waals surface area contributed by atoms with Gasteiger partial charge in [-0.1, -0.05) is 29.8 Å². The van der Waals surface area contributed by atoms with Crippen LogP contribution in [0, 0.1) is 0 Å². The van der Waals surface area contributed by atoms with E-state index in [9.17, 15) is 8.42 Å². The molecule has 0 aliphatic rings. The van der Waals surface area contributed by atoms with Crippen LogP contribution in [0.2, 0.25) is 5.02 Å². The van der Waals surface area contributed by atoms with Gasteiger partial charge in [0.25, 0.3) is 21.7 Å². The zero-order chi connectivity index (χ0) is 15.6. The van der Waals surface area contributed by atoms with E-state index < -0.39 is 10.0 Å². The molecular formula is C13H10ClN5O2S. The van der Waals surface area contributed by atoms with E-state index >= 15 is 0 Å². The second-order valence-electron chi connectivity index (χ2n) is 4.27. The highest BCUT2D eigenvalue weighted by Crippen LogP contribution is 2.17. The molecule has 112 valence electrons. The molecule has 0 unspecified atom stereocenters. The van der Waals surface area contributed by atoms with E-state index in [4.69, 9.17) is 11.6 Å². The second-order valence-corrected chi connectivity index (χ2v) is 6.24. The summed E-state index contributed by atoms with van der Waals surface area (Å²) in [5.41, 5.74) is 0.596. The molecule has 0 radical (unpaired) electrons. The predicted molar refractivity (Wildman–Crippen MR) is 83.8 cm³/mol. The molecule has 2 aromatic heterocycles. The van der Waals surface area contributed by atoms with Crippen LogP contribution >= 0.6 is 11.6 Å². The topological polar surface area (TPSA) is 89.2 Å². The molecule has 3 rings (SSSR count). The van der Waals surface area contributed by atoms with Gasteiger partial charge in [0, 0.05) is 17.4 Å². The number of nitrogens with zero attached hydrogens (tertiary/aromatic N) is 4. The average Bonchev–Trinajstić information content (AvgIpc) is 2.87. The third kappa shape index (κ3) is 3.23. The summed E-state index contributed by atoms with van der Waals surface area (Å²) in [6.07, 6.45) is 4.56. The van der Waals surface area contributed by atoms with Gasteiger partial charge >= 0.3 is 0 Å². The summed E-state index contributed by atoms with van der Waals surface area (Å²) in [7, 11) is -3.75. The molecule has 0 spiro atoms. The summed E-state index contributed by atoms with van der Waals surface area (Å²) in [5, 5.41) is 5.43. The first-order valence-corrected chi connectivity index (χ1v) is 8.09. The zero-order valence-corrected chi connectivity index (χ0v) is 12.7. The molecule has 0 saturated heterocycles. The summed E-state index contributed by atoms with van der Waals surface area (Å²) in [5.74, 6) is 0.248. The van der Waals surface area contributed by atoms with E-state index in [1.54, 1.807) is 42.7 Å². The van der Waals surface area contributed by atoms with Crippen molar-refractivity contribution in [1.82, 2.24) is 19.6 Å². The Kier molecular flexibility index (Phi) is 3.78. The molecule has 1 N–H and O–H groups in total. The Bertz CT molecular complexity index is 919. The standard InChI is InChI=1S/C13H10ClN5O2S/c14-11-5-2-1-4-10(11)6-9-22(20,21)18-12-16-13-15-7-3-8-19(13)17-12/h1-9H,(H,17,18). The Labute approximate surface area is 131 Å². The van der Waals surface area contributed by atoms with Gasteiger partial charge in [0.05, 0.1) is 5.41 Å². The number of hydrogen-bond donors (Lipinski definition) is 1. The van der Waals surface area contributed by atoms with Crippen molar-refractivity contribution in [3.05, 3.63) is 58.7 Å². The number of anilines is 1. The van der Waals surface area contributed by atoms with Crippen LogP contribution in [0.25, 0.3) is 11.9 Å². The van der Waals surface area contributed by atoms with Gasteiger partial charge in [0.1, 0.15) is 0 Å². The molecule has 0 amide bonds. The lowest BCUT2D eigenvalue weighted by atomic mass is 10.2. The fourth-order valence-electron chi connectivity index (χ4n) is 1.71. The third-order valence-electron chi connectivity index (χ3n) is 2.68. The summed E-state index contributed by atoms with van der Waals surface area (Å²) >= 11 is 5.96. The second kappa shape index (κ2) is 5.74. The fourth-order valence-corrected chi connectivity index (χ4v) is 2.64. The van der Waals surface area contributed by atoms with E-state index in [1.165, 1.54) is 10.6 Å². The Balaban J connectivity index is 1.83. The molecule has 0 atom stereocenters. The number of benzene rings is 1. The van der Waals surface area contributed by atoms with Gasteiger partial charge in [-0.05, 0) is 23.8 Å². The molecule has 7 nitrogen and oxygen atoms in total. The first-order valence-electron chi connectivity index (χ1n) is 6.16. The normalized spacial score (nSPS) is 12.0. The lowest BCUT2D eigenvalue weighted by molar-refractivity contribution is 0.609. The van der Waals surface area contributed by atoms with Crippen LogP contribution in [0.4, 0.5) is 5.95 Å². The Morgan fingerprint density at radius 2 is 2.05 bits per heavy atom. The molecular weight excluding hydrogens is 326 g/mol. The lowest BCUT2D eigenvalue weighted by Gasteiger charge is -1.99. The number of sulfonamides is 1. The summed E-state index contributed by atoms with van der Waals surface area (Å²) < 4.78 is 27.6. The average molecular weight is 336 g/mol. The SMILES string of the molecule is O=S(=O)(C=Cc1ccccc1Cl)Nc1nc2ncccn2n1. The molecule has 0 aliphatic heterocycles. The van der Waals surface area contributed by atoms with Crippen LogP contribution < -0.4 is 4.72 Å². The minimum atomic E-state index is -3.75. The van der Waals surface area contributed by atoms with Crippen molar-refractivity contribution in [1.29, 1.82) is 0 Å². The van der Waals surface area contributed by atoms with Crippen LogP contribution in [0.15, 0.2) is 48.1 Å². The maximum atomic E-state index is 12.0. The van der Waals surface area contributed by atoms with Crippen LogP contribution in [0.5, 0.6) is 0 Å². The molecule has 1 aromatic carbocycles. The van der Waals surface area contributed by atoms with Gasteiger partial charge in [0.15, 0.2) is 0 Å². The maximum absolute atomic E-state index is 12.0. The third-order valence-corrected chi connectivity index (χ3v) is 3.99. The van der Waals surface area contributed by atoms with Gasteiger partial charge < -0.3 is 0 Å². The first kappa shape index (κ1) is 14.5. The van der Waals surface area contributed by atoms with Gasteiger partial charge in [-0.3, -0.25) is 0 Å². The Hall–Kier alpha value is -2.45. The quantitative estimate of drug-likeness (QED) is 0.789. The van der Waals surface area contributed by atoms with Crippen LogP contribution in [0.1, 0.15) is 5.56 Å². The van der Waals surface area contributed by atoms with Crippen molar-refractivity contribution in [2.75, 3.05) is 4.72 Å². The summed E-state index contributed by atoms with van der Waals surface area (Å²) in [6, 6.07) is 8.58. The minimum Gasteiger partial charge on any atom is -0.246 e. The van der Waals surface area contributed by atoms with Crippen molar-refractivity contribution < 1.29 is 8.42 Å². The monoisotopic (exact) mass is 335 g/mol. The molecule has 22 heavy (non-hydrogen) atoms. The van der Waals surface area contributed by atoms with Gasteiger partial charge in [-0.2, -0.15) is 4.98 Å². The maximum Gasteiger partial charge on any atom is 0.258 e. The smallest absolute Gasteiger partial charge is 0.246 e. The number of halogens is 1. The molecule has 0 fully saturated rings. The van der Waals surface area contributed by atoms with Gasteiger partial charge in [-0.25, -0.2) is 22.6 Å². The summed E-state index contributed by atoms with van der Waals surface area (Å²) in [6.45, 7) is 0. The van der Waals surface area contributed by atoms with E-state index in [2.05, 4.69) is 19.8 Å². The van der Waals surface area contributed by atoms with Crippen LogP contribution in [-0.4, -0.2) is 28.0 Å². The number of nitrogens with one attached hydrogen (secondary N) is 1. The highest BCUT2D eigenvalue weighted by molar-refractivity contribution is 7.95. The highest BCUT2D eigenvalue weighted by atomic mass is 35.5.